The summed E-state index contributed by atoms with van der Waals surface area (Å²) in [5.41, 5.74) is 0. The van der Waals surface area contributed by atoms with E-state index in [-0.39, 0.29) is 0 Å². The average Bonchev–Trinajstić information content (AvgIpc) is 2.01. The van der Waals surface area contributed by atoms with E-state index in [4.69, 9.17) is 15.0 Å². The Hall–Kier alpha value is 0.960. The Balaban J connectivity index is 4.00. The van der Waals surface area contributed by atoms with Gasteiger partial charge < -0.3 is 0 Å². The van der Waals surface area contributed by atoms with Crippen molar-refractivity contribution in [1.82, 2.24) is 0 Å². The fourth-order valence-corrected chi connectivity index (χ4v) is 1.49. The summed E-state index contributed by atoms with van der Waals surface area (Å²) in [7, 11) is 0. The molecule has 0 saturated heterocycles. The van der Waals surface area contributed by atoms with Crippen molar-refractivity contribution in [2.45, 2.75) is 0 Å². The van der Waals surface area contributed by atoms with Gasteiger partial charge in [0.2, 0.25) is 0 Å². The Bertz CT molecular complexity index is 108. The van der Waals surface area contributed by atoms with E-state index in [0.29, 0.717) is 0 Å². The average molecular weight is 375 g/mol. The van der Waals surface area contributed by atoms with Crippen LogP contribution in [-0.4, -0.2) is 3.02 Å². The second kappa shape index (κ2) is 5.59. The molecule has 10 heavy (non-hydrogen) atoms. The molecule has 0 saturated carbocycles. The molecule has 0 aliphatic heterocycles. The Morgan fingerprint density at radius 2 is 2.20 bits per heavy atom. The molecular weight excluding hydrogens is 368 g/mol. The molecule has 62 valence electrons. The van der Waals surface area contributed by atoms with Crippen molar-refractivity contribution in [3.8, 4) is 0 Å². The van der Waals surface area contributed by atoms with E-state index < -0.39 is 24.9 Å². The van der Waals surface area contributed by atoms with Crippen LogP contribution in [0.4, 0.5) is 0 Å². The molecule has 0 aliphatic carbocycles. The SMILES string of the molecule is C=C[N+](ON)(OI)[I-]ON. The van der Waals surface area contributed by atoms with Gasteiger partial charge in [-0.3, -0.25) is 0 Å². The van der Waals surface area contributed by atoms with Gasteiger partial charge in [0, 0.05) is 0 Å². The number of hydroxylamine groups is 2. The first kappa shape index (κ1) is 11.0. The van der Waals surface area contributed by atoms with Crippen molar-refractivity contribution in [3.63, 3.8) is 0 Å². The molecule has 6 nitrogen and oxygen atoms in total. The summed E-state index contributed by atoms with van der Waals surface area (Å²) < 4.78 is 8.71. The standard InChI is InChI=1S/C2H7I2N3O3/c1-2-7(8-3,10-6)4-9-5/h2H,1,5-6H2. The van der Waals surface area contributed by atoms with Crippen LogP contribution in [0.15, 0.2) is 12.8 Å². The predicted octanol–water partition coefficient (Wildman–Crippen LogP) is -3.16. The number of nitrogens with two attached hydrogens (primary N) is 2. The van der Waals surface area contributed by atoms with Crippen LogP contribution in [0, 0.1) is 0 Å². The Morgan fingerprint density at radius 3 is 2.30 bits per heavy atom. The first-order valence-electron chi connectivity index (χ1n) is 1.98. The van der Waals surface area contributed by atoms with E-state index in [1.807, 2.05) is 0 Å². The topological polar surface area (TPSA) is 79.7 Å². The molecule has 8 heteroatoms. The van der Waals surface area contributed by atoms with Gasteiger partial charge in [0.25, 0.3) is 0 Å². The molecule has 4 N–H and O–H groups in total. The minimum absolute atomic E-state index is 0.407. The first-order valence-corrected chi connectivity index (χ1v) is 4.71. The van der Waals surface area contributed by atoms with Crippen LogP contribution >= 0.6 is 23.0 Å². The molecule has 0 spiro atoms. The van der Waals surface area contributed by atoms with Crippen molar-refractivity contribution in [3.05, 3.63) is 12.8 Å². The zero-order valence-corrected chi connectivity index (χ0v) is 9.18. The second-order valence-corrected chi connectivity index (χ2v) is 3.68. The van der Waals surface area contributed by atoms with Gasteiger partial charge in [-0.1, -0.05) is 0 Å². The molecule has 0 aromatic carbocycles. The van der Waals surface area contributed by atoms with Crippen LogP contribution in [0.5, 0.6) is 0 Å². The molecule has 0 aliphatic rings. The molecule has 0 rings (SSSR count). The van der Waals surface area contributed by atoms with E-state index in [0.717, 1.165) is 0 Å². The van der Waals surface area contributed by atoms with Crippen molar-refractivity contribution < 1.29 is 36.2 Å². The van der Waals surface area contributed by atoms with E-state index in [1.54, 1.807) is 23.0 Å². The van der Waals surface area contributed by atoms with Gasteiger partial charge in [-0.25, -0.2) is 0 Å². The van der Waals surface area contributed by atoms with Crippen molar-refractivity contribution in [2.24, 2.45) is 11.8 Å². The van der Waals surface area contributed by atoms with Gasteiger partial charge in [-0.05, 0) is 0 Å². The third kappa shape index (κ3) is 2.91. The molecule has 0 radical (unpaired) electrons. The summed E-state index contributed by atoms with van der Waals surface area (Å²) in [5.74, 6) is 9.69. The number of hydrogen-bond acceptors (Lipinski definition) is 5. The summed E-state index contributed by atoms with van der Waals surface area (Å²) >= 11 is 0.609. The van der Waals surface area contributed by atoms with Crippen molar-refractivity contribution in [2.75, 3.05) is 0 Å². The molecule has 1 unspecified atom stereocenters. The summed E-state index contributed by atoms with van der Waals surface area (Å²) in [6, 6.07) is 0. The Kier molecular flexibility index (Phi) is 6.13. The van der Waals surface area contributed by atoms with Gasteiger partial charge in [0.15, 0.2) is 0 Å². The van der Waals surface area contributed by atoms with Crippen LogP contribution in [0.1, 0.15) is 0 Å². The van der Waals surface area contributed by atoms with E-state index in [2.05, 4.69) is 14.7 Å². The Labute approximate surface area is 83.3 Å². The van der Waals surface area contributed by atoms with Gasteiger partial charge in [-0.15, -0.1) is 0 Å². The van der Waals surface area contributed by atoms with E-state index >= 15 is 0 Å². The van der Waals surface area contributed by atoms with Gasteiger partial charge in [0.1, 0.15) is 0 Å². The molecule has 0 aromatic heterocycles. The molecule has 0 bridgehead atoms. The number of halogens is 2. The van der Waals surface area contributed by atoms with Crippen LogP contribution < -0.4 is 33.7 Å². The maximum atomic E-state index is 4.88. The van der Waals surface area contributed by atoms with Crippen LogP contribution in [0.25, 0.3) is 0 Å². The molecule has 0 aromatic rings. The monoisotopic (exact) mass is 375 g/mol. The molecular formula is C2H7I2N3O3. The zero-order chi connectivity index (χ0) is 8.04. The second-order valence-electron chi connectivity index (χ2n) is 1.04. The minimum atomic E-state index is -1.00. The Morgan fingerprint density at radius 1 is 1.60 bits per heavy atom. The maximum absolute atomic E-state index is 4.88. The summed E-state index contributed by atoms with van der Waals surface area (Å²) in [4.78, 5) is 4.41. The van der Waals surface area contributed by atoms with Crippen LogP contribution in [-0.2, 0) is 11.3 Å². The number of nitrogens with zero attached hydrogens (tertiary/aromatic N) is 1. The van der Waals surface area contributed by atoms with Gasteiger partial charge in [0.05, 0.1) is 0 Å². The van der Waals surface area contributed by atoms with Gasteiger partial charge >= 0.3 is 83.8 Å². The van der Waals surface area contributed by atoms with Crippen molar-refractivity contribution in [1.29, 1.82) is 0 Å². The van der Waals surface area contributed by atoms with Crippen LogP contribution in [0.3, 0.4) is 0 Å². The third-order valence-corrected chi connectivity index (χ3v) is 3.53. The summed E-state index contributed by atoms with van der Waals surface area (Å²) in [6.45, 7) is 3.42. The number of hydrogen-bond donors (Lipinski definition) is 2. The third-order valence-electron chi connectivity index (χ3n) is 0.592. The number of quaternary nitrogens is 1. The van der Waals surface area contributed by atoms with Crippen molar-refractivity contribution >= 4 is 23.0 Å². The van der Waals surface area contributed by atoms with Crippen LogP contribution in [0.2, 0.25) is 0 Å². The van der Waals surface area contributed by atoms with Gasteiger partial charge in [-0.2, -0.15) is 0 Å². The first-order chi connectivity index (χ1) is 4.74. The summed E-state index contributed by atoms with van der Waals surface area (Å²) in [6.07, 6.45) is 1.34. The zero-order valence-electron chi connectivity index (χ0n) is 4.87. The molecule has 1 atom stereocenters. The predicted molar refractivity (Wildman–Crippen MR) is 36.1 cm³/mol. The quantitative estimate of drug-likeness (QED) is 0.302. The number of rotatable bonds is 5. The molecule has 0 fully saturated rings. The summed E-state index contributed by atoms with van der Waals surface area (Å²) in [5, 5.41) is 0. The fraction of sp³-hybridized carbons (Fsp3) is 0. The fourth-order valence-electron chi connectivity index (χ4n) is 0.198. The molecule has 0 amide bonds. The van der Waals surface area contributed by atoms with E-state index in [9.17, 15) is 0 Å². The van der Waals surface area contributed by atoms with E-state index in [1.165, 1.54) is 6.20 Å². The normalized spacial score (nSPS) is 16.7. The molecule has 0 heterocycles.